The Morgan fingerprint density at radius 2 is 0.492 bits per heavy atom. The third-order valence-corrected chi connectivity index (χ3v) is 14.9. The Bertz CT molecular complexity index is 3070. The summed E-state index contributed by atoms with van der Waals surface area (Å²) in [5.74, 6) is 0. The van der Waals surface area contributed by atoms with Crippen LogP contribution in [0.15, 0.2) is 229 Å². The van der Waals surface area contributed by atoms with Crippen LogP contribution in [0.3, 0.4) is 0 Å². The first-order chi connectivity index (χ1) is 30.2. The van der Waals surface area contributed by atoms with E-state index in [4.69, 9.17) is 0 Å². The SMILES string of the molecule is c1ccc(-c2ccc(N(c3ccc(-c4ccccc4)cc3)c3ccc(-c4csc5c4sc4c(-c6ccc(N(c7ccccc7)c7ccccc7)cc6)csc45)cc3)cc2)cc1. The van der Waals surface area contributed by atoms with Crippen molar-refractivity contribution in [3.05, 3.63) is 229 Å². The van der Waals surface area contributed by atoms with E-state index in [2.05, 4.69) is 239 Å². The molecule has 11 aromatic rings. The van der Waals surface area contributed by atoms with Crippen LogP contribution in [-0.4, -0.2) is 0 Å². The molecule has 0 radical (unpaired) electrons. The number of hydrogen-bond donors (Lipinski definition) is 0. The van der Waals surface area contributed by atoms with Crippen molar-refractivity contribution in [3.63, 3.8) is 0 Å². The van der Waals surface area contributed by atoms with Crippen LogP contribution in [-0.2, 0) is 0 Å². The zero-order valence-electron chi connectivity index (χ0n) is 33.1. The van der Waals surface area contributed by atoms with Crippen molar-refractivity contribution in [1.29, 1.82) is 0 Å². The molecule has 0 saturated heterocycles. The molecule has 290 valence electrons. The zero-order valence-corrected chi connectivity index (χ0v) is 35.5. The highest BCUT2D eigenvalue weighted by molar-refractivity contribution is 7.38. The van der Waals surface area contributed by atoms with Gasteiger partial charge in [0.05, 0.1) is 18.8 Å². The van der Waals surface area contributed by atoms with Crippen LogP contribution >= 0.6 is 34.0 Å². The number of benzene rings is 8. The van der Waals surface area contributed by atoms with Crippen molar-refractivity contribution in [2.45, 2.75) is 0 Å². The molecule has 0 aliphatic rings. The molecule has 0 aliphatic heterocycles. The standard InChI is InChI=1S/C56H38N2S3/c1-5-13-39(14-6-1)41-21-29-47(30-22-41)58(48-31-23-42(24-32-48)40-15-7-2-8-16-40)50-35-27-44(28-36-50)52-38-60-56-54(52)61-53-51(37-59-55(53)56)43-25-33-49(34-26-43)57(45-17-9-3-10-18-45)46-19-11-4-12-20-46/h1-38H. The van der Waals surface area contributed by atoms with E-state index in [1.807, 2.05) is 34.0 Å². The molecule has 0 atom stereocenters. The van der Waals surface area contributed by atoms with Gasteiger partial charge in [-0.15, -0.1) is 34.0 Å². The number of anilines is 6. The summed E-state index contributed by atoms with van der Waals surface area (Å²) < 4.78 is 5.49. The maximum atomic E-state index is 2.36. The van der Waals surface area contributed by atoms with Gasteiger partial charge in [-0.1, -0.05) is 146 Å². The molecule has 2 nitrogen and oxygen atoms in total. The molecule has 0 amide bonds. The Kier molecular flexibility index (Phi) is 9.83. The zero-order chi connectivity index (χ0) is 40.5. The van der Waals surface area contributed by atoms with Crippen molar-refractivity contribution >= 4 is 86.9 Å². The van der Waals surface area contributed by atoms with Gasteiger partial charge in [0.1, 0.15) is 0 Å². The monoisotopic (exact) mass is 834 g/mol. The molecule has 0 bridgehead atoms. The highest BCUT2D eigenvalue weighted by Gasteiger charge is 2.20. The second-order valence-electron chi connectivity index (χ2n) is 15.0. The van der Waals surface area contributed by atoms with Crippen LogP contribution in [0.2, 0.25) is 0 Å². The second kappa shape index (κ2) is 16.2. The molecule has 5 heteroatoms. The molecule has 8 aromatic carbocycles. The number of nitrogens with zero attached hydrogens (tertiary/aromatic N) is 2. The number of para-hydroxylation sites is 2. The van der Waals surface area contributed by atoms with Gasteiger partial charge in [0, 0.05) is 56.0 Å². The van der Waals surface area contributed by atoms with Crippen LogP contribution in [0.25, 0.3) is 63.3 Å². The van der Waals surface area contributed by atoms with Crippen LogP contribution in [0.4, 0.5) is 34.1 Å². The minimum absolute atomic E-state index is 1.12. The van der Waals surface area contributed by atoms with E-state index in [0.717, 1.165) is 34.1 Å². The largest absolute Gasteiger partial charge is 0.311 e. The Morgan fingerprint density at radius 1 is 0.230 bits per heavy atom. The van der Waals surface area contributed by atoms with E-state index in [1.165, 1.54) is 63.3 Å². The van der Waals surface area contributed by atoms with Gasteiger partial charge in [0.2, 0.25) is 0 Å². The average Bonchev–Trinajstić information content (AvgIpc) is 4.05. The van der Waals surface area contributed by atoms with Gasteiger partial charge >= 0.3 is 0 Å². The number of fused-ring (bicyclic) bond motifs is 3. The van der Waals surface area contributed by atoms with E-state index < -0.39 is 0 Å². The molecule has 0 unspecified atom stereocenters. The van der Waals surface area contributed by atoms with E-state index in [-0.39, 0.29) is 0 Å². The predicted molar refractivity (Wildman–Crippen MR) is 266 cm³/mol. The lowest BCUT2D eigenvalue weighted by Gasteiger charge is -2.26. The fourth-order valence-corrected chi connectivity index (χ4v) is 12.3. The Labute approximate surface area is 368 Å². The van der Waals surface area contributed by atoms with Gasteiger partial charge in [0.25, 0.3) is 0 Å². The van der Waals surface area contributed by atoms with E-state index >= 15 is 0 Å². The van der Waals surface area contributed by atoms with Gasteiger partial charge in [-0.05, 0) is 106 Å². The lowest BCUT2D eigenvalue weighted by Crippen LogP contribution is -2.09. The first-order valence-electron chi connectivity index (χ1n) is 20.4. The summed E-state index contributed by atoms with van der Waals surface area (Å²) in [7, 11) is 0. The average molecular weight is 835 g/mol. The van der Waals surface area contributed by atoms with Crippen LogP contribution in [0, 0.1) is 0 Å². The van der Waals surface area contributed by atoms with Crippen molar-refractivity contribution in [3.8, 4) is 44.5 Å². The summed E-state index contributed by atoms with van der Waals surface area (Å²) in [6.45, 7) is 0. The molecular weight excluding hydrogens is 797 g/mol. The normalized spacial score (nSPS) is 11.3. The van der Waals surface area contributed by atoms with Gasteiger partial charge in [-0.3, -0.25) is 0 Å². The predicted octanol–water partition coefficient (Wildman–Crippen LogP) is 17.8. The lowest BCUT2D eigenvalue weighted by molar-refractivity contribution is 1.28. The van der Waals surface area contributed by atoms with Crippen LogP contribution in [0.5, 0.6) is 0 Å². The number of rotatable bonds is 10. The minimum atomic E-state index is 1.12. The highest BCUT2D eigenvalue weighted by Crippen LogP contribution is 2.50. The van der Waals surface area contributed by atoms with Crippen molar-refractivity contribution in [2.24, 2.45) is 0 Å². The molecule has 3 heterocycles. The van der Waals surface area contributed by atoms with Gasteiger partial charge in [-0.2, -0.15) is 0 Å². The molecule has 0 aliphatic carbocycles. The maximum Gasteiger partial charge on any atom is 0.0636 e. The first-order valence-corrected chi connectivity index (χ1v) is 23.0. The van der Waals surface area contributed by atoms with Crippen molar-refractivity contribution in [1.82, 2.24) is 0 Å². The fraction of sp³-hybridized carbons (Fsp3) is 0. The third kappa shape index (κ3) is 7.13. The number of hydrogen-bond acceptors (Lipinski definition) is 5. The maximum absolute atomic E-state index is 2.36. The molecule has 0 N–H and O–H groups in total. The molecule has 0 saturated carbocycles. The fourth-order valence-electron chi connectivity index (χ4n) is 8.21. The summed E-state index contributed by atoms with van der Waals surface area (Å²) in [4.78, 5) is 4.67. The van der Waals surface area contributed by atoms with Crippen LogP contribution in [0.1, 0.15) is 0 Å². The summed E-state index contributed by atoms with van der Waals surface area (Å²) in [6.07, 6.45) is 0. The molecule has 61 heavy (non-hydrogen) atoms. The van der Waals surface area contributed by atoms with E-state index in [9.17, 15) is 0 Å². The smallest absolute Gasteiger partial charge is 0.0636 e. The first kappa shape index (κ1) is 37.0. The van der Waals surface area contributed by atoms with Gasteiger partial charge in [0.15, 0.2) is 0 Å². The quantitative estimate of drug-likeness (QED) is 0.135. The van der Waals surface area contributed by atoms with Gasteiger partial charge < -0.3 is 9.80 Å². The molecular formula is C56H38N2S3. The number of thiophene rings is 3. The molecule has 0 spiro atoms. The van der Waals surface area contributed by atoms with Crippen molar-refractivity contribution < 1.29 is 0 Å². The lowest BCUT2D eigenvalue weighted by atomic mass is 10.0. The molecule has 0 fully saturated rings. The second-order valence-corrected chi connectivity index (χ2v) is 17.8. The van der Waals surface area contributed by atoms with Crippen LogP contribution < -0.4 is 9.80 Å². The van der Waals surface area contributed by atoms with Gasteiger partial charge in [-0.25, -0.2) is 0 Å². The highest BCUT2D eigenvalue weighted by atomic mass is 32.1. The van der Waals surface area contributed by atoms with E-state index in [0.29, 0.717) is 0 Å². The Hall–Kier alpha value is -7.02. The minimum Gasteiger partial charge on any atom is -0.311 e. The molecule has 3 aromatic heterocycles. The summed E-state index contributed by atoms with van der Waals surface area (Å²) in [5.41, 5.74) is 16.7. The molecule has 11 rings (SSSR count). The Balaban J connectivity index is 0.913. The summed E-state index contributed by atoms with van der Waals surface area (Å²) >= 11 is 5.65. The third-order valence-electron chi connectivity index (χ3n) is 11.3. The summed E-state index contributed by atoms with van der Waals surface area (Å²) in [6, 6.07) is 78.3. The van der Waals surface area contributed by atoms with E-state index in [1.54, 1.807) is 0 Å². The Morgan fingerprint density at radius 3 is 0.820 bits per heavy atom. The topological polar surface area (TPSA) is 6.48 Å². The summed E-state index contributed by atoms with van der Waals surface area (Å²) in [5, 5.41) is 4.68. The van der Waals surface area contributed by atoms with Crippen molar-refractivity contribution in [2.75, 3.05) is 9.80 Å².